The molecule has 4 rings (SSSR count). The fourth-order valence-corrected chi connectivity index (χ4v) is 5.07. The Bertz CT molecular complexity index is 1050. The Kier molecular flexibility index (Phi) is 5.63. The highest BCUT2D eigenvalue weighted by Crippen LogP contribution is 2.41. The van der Waals surface area contributed by atoms with E-state index in [2.05, 4.69) is 52.0 Å². The van der Waals surface area contributed by atoms with E-state index < -0.39 is 5.66 Å². The Morgan fingerprint density at radius 2 is 1.61 bits per heavy atom. The highest BCUT2D eigenvalue weighted by molar-refractivity contribution is 7.82. The van der Waals surface area contributed by atoms with Crippen LogP contribution in [0.15, 0.2) is 47.5 Å². The first-order valence-corrected chi connectivity index (χ1v) is 11.7. The molecule has 0 saturated heterocycles. The monoisotopic (exact) mass is 432 g/mol. The van der Waals surface area contributed by atoms with Gasteiger partial charge in [-0.05, 0) is 73.8 Å². The van der Waals surface area contributed by atoms with Crippen LogP contribution in [0.4, 0.5) is 0 Å². The molecule has 1 heterocycles. The molecule has 0 radical (unpaired) electrons. The Morgan fingerprint density at radius 3 is 2.19 bits per heavy atom. The van der Waals surface area contributed by atoms with Crippen molar-refractivity contribution in [3.8, 4) is 0 Å². The fourth-order valence-electron chi connectivity index (χ4n) is 4.66. The summed E-state index contributed by atoms with van der Waals surface area (Å²) < 4.78 is 0. The summed E-state index contributed by atoms with van der Waals surface area (Å²) in [5, 5.41) is 0. The summed E-state index contributed by atoms with van der Waals surface area (Å²) in [6.07, 6.45) is 5.06. The zero-order valence-electron chi connectivity index (χ0n) is 19.3. The van der Waals surface area contributed by atoms with E-state index in [1.54, 1.807) is 0 Å². The van der Waals surface area contributed by atoms with Crippen LogP contribution in [0.1, 0.15) is 85.5 Å². The first-order valence-electron chi connectivity index (χ1n) is 11.3. The van der Waals surface area contributed by atoms with Gasteiger partial charge in [-0.15, -0.1) is 0 Å². The van der Waals surface area contributed by atoms with Gasteiger partial charge in [0.1, 0.15) is 16.4 Å². The third-order valence-corrected chi connectivity index (χ3v) is 7.15. The molecule has 1 saturated carbocycles. The van der Waals surface area contributed by atoms with Gasteiger partial charge in [-0.25, -0.2) is 0 Å². The minimum absolute atomic E-state index is 0.0277. The predicted molar refractivity (Wildman–Crippen MR) is 132 cm³/mol. The number of benzene rings is 2. The minimum atomic E-state index is -0.538. The average molecular weight is 433 g/mol. The van der Waals surface area contributed by atoms with Gasteiger partial charge in [0.2, 0.25) is 0 Å². The molecule has 0 N–H and O–H groups in total. The number of carbonyl (C=O) groups excluding carboxylic acids is 1. The number of amides is 1. The van der Waals surface area contributed by atoms with Gasteiger partial charge in [0.15, 0.2) is 0 Å². The highest BCUT2D eigenvalue weighted by atomic mass is 32.1. The number of aryl methyl sites for hydroxylation is 2. The number of hydrogen-bond donors (Lipinski definition) is 0. The molecule has 2 aromatic rings. The van der Waals surface area contributed by atoms with Crippen molar-refractivity contribution in [1.82, 2.24) is 4.90 Å². The summed E-state index contributed by atoms with van der Waals surface area (Å²) in [6, 6.07) is 14.4. The van der Waals surface area contributed by atoms with Gasteiger partial charge in [0.25, 0.3) is 5.91 Å². The van der Waals surface area contributed by atoms with Gasteiger partial charge in [-0.2, -0.15) is 0 Å². The smallest absolute Gasteiger partial charge is 0.260 e. The van der Waals surface area contributed by atoms with E-state index in [0.29, 0.717) is 10.6 Å². The quantitative estimate of drug-likeness (QED) is 0.505. The summed E-state index contributed by atoms with van der Waals surface area (Å²) in [4.78, 5) is 21.3. The van der Waals surface area contributed by atoms with Crippen LogP contribution >= 0.6 is 12.2 Å². The van der Waals surface area contributed by atoms with E-state index in [9.17, 15) is 4.79 Å². The van der Waals surface area contributed by atoms with Gasteiger partial charge in [0.05, 0.1) is 0 Å². The second-order valence-electron chi connectivity index (χ2n) is 10.1. The highest BCUT2D eigenvalue weighted by Gasteiger charge is 2.49. The van der Waals surface area contributed by atoms with E-state index in [1.165, 1.54) is 17.5 Å². The molecule has 4 heteroatoms. The van der Waals surface area contributed by atoms with Crippen LogP contribution in [0.25, 0.3) is 0 Å². The summed E-state index contributed by atoms with van der Waals surface area (Å²) in [7, 11) is 0. The van der Waals surface area contributed by atoms with Crippen molar-refractivity contribution >= 4 is 28.8 Å². The molecule has 3 nitrogen and oxygen atoms in total. The lowest BCUT2D eigenvalue weighted by Crippen LogP contribution is -2.50. The van der Waals surface area contributed by atoms with Crippen LogP contribution in [0, 0.1) is 13.8 Å². The molecule has 1 aliphatic carbocycles. The first-order chi connectivity index (χ1) is 14.6. The van der Waals surface area contributed by atoms with Crippen molar-refractivity contribution in [3.63, 3.8) is 0 Å². The van der Waals surface area contributed by atoms with Crippen molar-refractivity contribution < 1.29 is 4.79 Å². The van der Waals surface area contributed by atoms with Crippen molar-refractivity contribution in [2.75, 3.05) is 0 Å². The molecule has 2 aliphatic rings. The number of thiocarbonyl (C=S) groups is 1. The normalized spacial score (nSPS) is 18.4. The number of hydrogen-bond acceptors (Lipinski definition) is 3. The first kappa shape index (κ1) is 21.9. The molecule has 1 aliphatic heterocycles. The summed E-state index contributed by atoms with van der Waals surface area (Å²) in [5.74, 6) is -0.0277. The summed E-state index contributed by atoms with van der Waals surface area (Å²) in [5.41, 5.74) is 5.60. The number of nitrogens with zero attached hydrogens (tertiary/aromatic N) is 2. The maximum Gasteiger partial charge on any atom is 0.260 e. The molecule has 1 fully saturated rings. The Balaban J connectivity index is 1.74. The molecule has 0 bridgehead atoms. The molecule has 162 valence electrons. The summed E-state index contributed by atoms with van der Waals surface area (Å²) in [6.45, 7) is 10.7. The average Bonchev–Trinajstić information content (AvgIpc) is 3.01. The van der Waals surface area contributed by atoms with Gasteiger partial charge < -0.3 is 0 Å². The van der Waals surface area contributed by atoms with Crippen LogP contribution in [0.3, 0.4) is 0 Å². The van der Waals surface area contributed by atoms with E-state index in [4.69, 9.17) is 17.2 Å². The molecule has 0 aromatic heterocycles. The largest absolute Gasteiger partial charge is 0.271 e. The fraction of sp³-hybridized carbons (Fsp3) is 0.444. The lowest BCUT2D eigenvalue weighted by atomic mass is 9.86. The lowest BCUT2D eigenvalue weighted by molar-refractivity contribution is 0.0648. The second kappa shape index (κ2) is 7.98. The SMILES string of the molecule is Cc1ccc(C(=O)N2C(=S)C(c3ccc(C(C)(C)C)cc3)=NC23CCCCC3)cc1C. The van der Waals surface area contributed by atoms with Crippen LogP contribution in [-0.4, -0.2) is 27.2 Å². The Morgan fingerprint density at radius 1 is 0.968 bits per heavy atom. The van der Waals surface area contributed by atoms with E-state index in [-0.39, 0.29) is 11.3 Å². The van der Waals surface area contributed by atoms with Crippen molar-refractivity contribution in [2.24, 2.45) is 4.99 Å². The van der Waals surface area contributed by atoms with Crippen molar-refractivity contribution in [1.29, 1.82) is 0 Å². The van der Waals surface area contributed by atoms with E-state index in [1.807, 2.05) is 30.0 Å². The number of rotatable bonds is 2. The van der Waals surface area contributed by atoms with Crippen LogP contribution in [0.5, 0.6) is 0 Å². The zero-order valence-corrected chi connectivity index (χ0v) is 20.1. The molecular weight excluding hydrogens is 400 g/mol. The second-order valence-corrected chi connectivity index (χ2v) is 10.5. The van der Waals surface area contributed by atoms with Gasteiger partial charge in [-0.3, -0.25) is 14.7 Å². The summed E-state index contributed by atoms with van der Waals surface area (Å²) >= 11 is 5.91. The van der Waals surface area contributed by atoms with E-state index >= 15 is 0 Å². The van der Waals surface area contributed by atoms with Crippen molar-refractivity contribution in [3.05, 3.63) is 70.3 Å². The van der Waals surface area contributed by atoms with Gasteiger partial charge >= 0.3 is 0 Å². The Labute approximate surface area is 191 Å². The standard InChI is InChI=1S/C27H32N2OS/c1-18-9-10-21(17-19(18)2)24(30)29-25(31)23(28-27(29)15-7-6-8-16-27)20-11-13-22(14-12-20)26(3,4)5/h9-14,17H,6-8,15-16H2,1-5H3. The molecular formula is C27H32N2OS. The van der Waals surface area contributed by atoms with Crippen molar-refractivity contribution in [2.45, 2.75) is 77.8 Å². The molecule has 1 amide bonds. The minimum Gasteiger partial charge on any atom is -0.271 e. The van der Waals surface area contributed by atoms with E-state index in [0.717, 1.165) is 42.5 Å². The van der Waals surface area contributed by atoms with Crippen LogP contribution in [0.2, 0.25) is 0 Å². The lowest BCUT2D eigenvalue weighted by Gasteiger charge is -2.39. The molecule has 0 unspecified atom stereocenters. The maximum absolute atomic E-state index is 13.7. The third-order valence-electron chi connectivity index (χ3n) is 6.78. The number of aliphatic imine (C=N–C) groups is 1. The zero-order chi connectivity index (χ0) is 22.4. The topological polar surface area (TPSA) is 32.7 Å². The molecule has 0 atom stereocenters. The van der Waals surface area contributed by atoms with Crippen LogP contribution in [-0.2, 0) is 5.41 Å². The Hall–Kier alpha value is -2.33. The predicted octanol–water partition coefficient (Wildman–Crippen LogP) is 6.53. The maximum atomic E-state index is 13.7. The molecule has 2 aromatic carbocycles. The van der Waals surface area contributed by atoms with Gasteiger partial charge in [0, 0.05) is 11.1 Å². The number of carbonyl (C=O) groups is 1. The van der Waals surface area contributed by atoms with Crippen LogP contribution < -0.4 is 0 Å². The molecule has 31 heavy (non-hydrogen) atoms. The molecule has 1 spiro atoms. The third kappa shape index (κ3) is 3.98. The van der Waals surface area contributed by atoms with Gasteiger partial charge in [-0.1, -0.05) is 69.7 Å².